The maximum absolute atomic E-state index is 12.7. The molecule has 0 aliphatic heterocycles. The van der Waals surface area contributed by atoms with Crippen molar-refractivity contribution < 1.29 is 23.9 Å². The maximum atomic E-state index is 12.7. The van der Waals surface area contributed by atoms with Crippen molar-refractivity contribution in [2.45, 2.75) is 6.92 Å². The van der Waals surface area contributed by atoms with Crippen molar-refractivity contribution in [2.75, 3.05) is 10.6 Å². The lowest BCUT2D eigenvalue weighted by atomic mass is 10.1. The van der Waals surface area contributed by atoms with Gasteiger partial charge in [0.25, 0.3) is 5.91 Å². The number of rotatable bonds is 7. The van der Waals surface area contributed by atoms with Gasteiger partial charge in [-0.2, -0.15) is 5.10 Å². The van der Waals surface area contributed by atoms with Crippen molar-refractivity contribution >= 4 is 41.3 Å². The van der Waals surface area contributed by atoms with E-state index in [2.05, 4.69) is 21.2 Å². The number of anilines is 2. The molecule has 9 nitrogen and oxygen atoms in total. The number of benzene rings is 4. The van der Waals surface area contributed by atoms with Crippen LogP contribution in [0.5, 0.6) is 5.75 Å². The average molecular weight is 521 g/mol. The molecular weight excluding hydrogens is 496 g/mol. The van der Waals surface area contributed by atoms with Gasteiger partial charge in [0.05, 0.1) is 23.0 Å². The van der Waals surface area contributed by atoms with Gasteiger partial charge in [0.2, 0.25) is 0 Å². The molecule has 0 aromatic heterocycles. The minimum Gasteiger partial charge on any atom is -0.423 e. The molecule has 3 amide bonds. The summed E-state index contributed by atoms with van der Waals surface area (Å²) in [6.45, 7) is 1.93. The van der Waals surface area contributed by atoms with E-state index in [1.807, 2.05) is 25.1 Å². The molecule has 0 saturated heterocycles. The lowest BCUT2D eigenvalue weighted by molar-refractivity contribution is -0.136. The number of nitrogens with one attached hydrogen (secondary N) is 3. The van der Waals surface area contributed by atoms with E-state index in [1.165, 1.54) is 18.3 Å². The third kappa shape index (κ3) is 7.46. The normalized spacial score (nSPS) is 10.5. The summed E-state index contributed by atoms with van der Waals surface area (Å²) in [6.07, 6.45) is 1.33. The van der Waals surface area contributed by atoms with E-state index in [9.17, 15) is 19.2 Å². The van der Waals surface area contributed by atoms with E-state index >= 15 is 0 Å². The highest BCUT2D eigenvalue weighted by molar-refractivity contribution is 6.40. The van der Waals surface area contributed by atoms with Crippen LogP contribution < -0.4 is 20.8 Å². The first-order chi connectivity index (χ1) is 18.9. The predicted molar refractivity (Wildman–Crippen MR) is 148 cm³/mol. The number of hydrazone groups is 1. The zero-order chi connectivity index (χ0) is 27.6. The van der Waals surface area contributed by atoms with Gasteiger partial charge in [-0.05, 0) is 73.2 Å². The van der Waals surface area contributed by atoms with Gasteiger partial charge >= 0.3 is 17.8 Å². The van der Waals surface area contributed by atoms with Crippen LogP contribution in [0.2, 0.25) is 0 Å². The Morgan fingerprint density at radius 1 is 0.718 bits per heavy atom. The SMILES string of the molecule is Cc1ccc(C(=O)Oc2ccc(/C=N/NC(=O)C(=O)Nc3ccccc3C(=O)Nc3ccccc3)cc2)cc1. The Hall–Kier alpha value is -5.57. The third-order valence-corrected chi connectivity index (χ3v) is 5.42. The van der Waals surface area contributed by atoms with Crippen LogP contribution in [-0.4, -0.2) is 29.9 Å². The molecule has 194 valence electrons. The monoisotopic (exact) mass is 520 g/mol. The Balaban J connectivity index is 1.30. The Labute approximate surface area is 224 Å². The number of hydrogen-bond acceptors (Lipinski definition) is 6. The molecule has 9 heteroatoms. The van der Waals surface area contributed by atoms with E-state index in [0.29, 0.717) is 22.6 Å². The average Bonchev–Trinajstić information content (AvgIpc) is 2.95. The van der Waals surface area contributed by atoms with Crippen molar-refractivity contribution in [2.24, 2.45) is 5.10 Å². The summed E-state index contributed by atoms with van der Waals surface area (Å²) in [5.74, 6) is -2.59. The Kier molecular flexibility index (Phi) is 8.56. The van der Waals surface area contributed by atoms with Crippen LogP contribution in [0.15, 0.2) is 108 Å². The lowest BCUT2D eigenvalue weighted by Crippen LogP contribution is -2.33. The fraction of sp³-hybridized carbons (Fsp3) is 0.0333. The van der Waals surface area contributed by atoms with Gasteiger partial charge in [0, 0.05) is 5.69 Å². The number of para-hydroxylation sites is 2. The second-order valence-electron chi connectivity index (χ2n) is 8.34. The molecule has 4 aromatic carbocycles. The molecule has 0 fully saturated rings. The van der Waals surface area contributed by atoms with Crippen LogP contribution in [0.1, 0.15) is 31.8 Å². The molecule has 3 N–H and O–H groups in total. The number of ether oxygens (including phenoxy) is 1. The van der Waals surface area contributed by atoms with Crippen molar-refractivity contribution in [3.63, 3.8) is 0 Å². The van der Waals surface area contributed by atoms with Gasteiger partial charge in [-0.15, -0.1) is 0 Å². The van der Waals surface area contributed by atoms with E-state index in [1.54, 1.807) is 72.8 Å². The van der Waals surface area contributed by atoms with E-state index in [4.69, 9.17) is 4.74 Å². The summed E-state index contributed by atoms with van der Waals surface area (Å²) in [6, 6.07) is 28.6. The molecule has 39 heavy (non-hydrogen) atoms. The summed E-state index contributed by atoms with van der Waals surface area (Å²) in [7, 11) is 0. The van der Waals surface area contributed by atoms with Crippen molar-refractivity contribution in [1.29, 1.82) is 0 Å². The highest BCUT2D eigenvalue weighted by Crippen LogP contribution is 2.18. The van der Waals surface area contributed by atoms with Gasteiger partial charge in [-0.3, -0.25) is 14.4 Å². The van der Waals surface area contributed by atoms with Crippen LogP contribution in [0.25, 0.3) is 0 Å². The molecule has 0 radical (unpaired) electrons. The lowest BCUT2D eigenvalue weighted by Gasteiger charge is -2.11. The summed E-state index contributed by atoms with van der Waals surface area (Å²) >= 11 is 0. The smallest absolute Gasteiger partial charge is 0.343 e. The third-order valence-electron chi connectivity index (χ3n) is 5.42. The fourth-order valence-corrected chi connectivity index (χ4v) is 3.38. The zero-order valence-electron chi connectivity index (χ0n) is 20.9. The summed E-state index contributed by atoms with van der Waals surface area (Å²) in [5.41, 5.74) is 5.16. The van der Waals surface area contributed by atoms with Crippen LogP contribution >= 0.6 is 0 Å². The molecule has 0 spiro atoms. The van der Waals surface area contributed by atoms with Crippen LogP contribution in [0.3, 0.4) is 0 Å². The number of nitrogens with zero attached hydrogens (tertiary/aromatic N) is 1. The first-order valence-electron chi connectivity index (χ1n) is 11.9. The number of hydrogen-bond donors (Lipinski definition) is 3. The highest BCUT2D eigenvalue weighted by Gasteiger charge is 2.18. The molecule has 0 atom stereocenters. The molecule has 0 aliphatic rings. The topological polar surface area (TPSA) is 126 Å². The molecule has 0 heterocycles. The van der Waals surface area contributed by atoms with E-state index in [-0.39, 0.29) is 11.3 Å². The van der Waals surface area contributed by atoms with Crippen LogP contribution in [0, 0.1) is 6.92 Å². The summed E-state index contributed by atoms with van der Waals surface area (Å²) in [5, 5.41) is 8.96. The number of carbonyl (C=O) groups excluding carboxylic acids is 4. The zero-order valence-corrected chi connectivity index (χ0v) is 20.9. The molecular formula is C30H24N4O5. The van der Waals surface area contributed by atoms with Crippen LogP contribution in [-0.2, 0) is 9.59 Å². The quantitative estimate of drug-likeness (QED) is 0.108. The Morgan fingerprint density at radius 2 is 1.38 bits per heavy atom. The maximum Gasteiger partial charge on any atom is 0.343 e. The predicted octanol–water partition coefficient (Wildman–Crippen LogP) is 4.56. The molecule has 0 aliphatic carbocycles. The minimum absolute atomic E-state index is 0.172. The summed E-state index contributed by atoms with van der Waals surface area (Å²) in [4.78, 5) is 49.5. The number of amides is 3. The first kappa shape index (κ1) is 26.5. The molecule has 0 unspecified atom stereocenters. The molecule has 0 saturated carbocycles. The van der Waals surface area contributed by atoms with Gasteiger partial charge in [0.15, 0.2) is 0 Å². The van der Waals surface area contributed by atoms with Gasteiger partial charge in [-0.1, -0.05) is 48.0 Å². The number of aryl methyl sites for hydroxylation is 1. The summed E-state index contributed by atoms with van der Waals surface area (Å²) < 4.78 is 5.35. The fourth-order valence-electron chi connectivity index (χ4n) is 3.38. The standard InChI is InChI=1S/C30H24N4O5/c1-20-11-15-22(16-12-20)30(38)39-24-17-13-21(14-18-24)19-31-34-29(37)28(36)33-26-10-6-5-9-25(26)27(35)32-23-7-3-2-4-8-23/h2-19H,1H3,(H,32,35)(H,33,36)(H,34,37)/b31-19+. The van der Waals surface area contributed by atoms with Crippen LogP contribution in [0.4, 0.5) is 11.4 Å². The number of esters is 1. The van der Waals surface area contributed by atoms with Gasteiger partial charge in [-0.25, -0.2) is 10.2 Å². The van der Waals surface area contributed by atoms with Gasteiger partial charge in [0.1, 0.15) is 5.75 Å². The van der Waals surface area contributed by atoms with E-state index in [0.717, 1.165) is 5.56 Å². The minimum atomic E-state index is -1.02. The van der Waals surface area contributed by atoms with Crippen molar-refractivity contribution in [1.82, 2.24) is 5.43 Å². The number of carbonyl (C=O) groups is 4. The Morgan fingerprint density at radius 3 is 2.10 bits per heavy atom. The first-order valence-corrected chi connectivity index (χ1v) is 11.9. The molecule has 4 rings (SSSR count). The second-order valence-corrected chi connectivity index (χ2v) is 8.34. The molecule has 0 bridgehead atoms. The Bertz CT molecular complexity index is 1520. The van der Waals surface area contributed by atoms with E-state index < -0.39 is 23.7 Å². The van der Waals surface area contributed by atoms with Gasteiger partial charge < -0.3 is 15.4 Å². The highest BCUT2D eigenvalue weighted by atomic mass is 16.5. The second kappa shape index (κ2) is 12.6. The molecule has 4 aromatic rings. The van der Waals surface area contributed by atoms with Crippen molar-refractivity contribution in [3.8, 4) is 5.75 Å². The van der Waals surface area contributed by atoms with Crippen molar-refractivity contribution in [3.05, 3.63) is 125 Å². The largest absolute Gasteiger partial charge is 0.423 e.